The highest BCUT2D eigenvalue weighted by Gasteiger charge is 2.26. The molecule has 10 nitrogen and oxygen atoms in total. The summed E-state index contributed by atoms with van der Waals surface area (Å²) in [6.45, 7) is 3.95. The lowest BCUT2D eigenvalue weighted by Crippen LogP contribution is -2.50. The summed E-state index contributed by atoms with van der Waals surface area (Å²) in [7, 11) is 8.16. The third-order valence-electron chi connectivity index (χ3n) is 6.76. The molecule has 10 heteroatoms. The van der Waals surface area contributed by atoms with E-state index in [9.17, 15) is 4.79 Å². The lowest BCUT2D eigenvalue weighted by atomic mass is 10.2. The Morgan fingerprint density at radius 1 is 0.846 bits per heavy atom. The highest BCUT2D eigenvalue weighted by molar-refractivity contribution is 5.87. The van der Waals surface area contributed by atoms with Gasteiger partial charge in [0.25, 0.3) is 0 Å². The Bertz CT molecular complexity index is 1210. The van der Waals surface area contributed by atoms with Gasteiger partial charge in [-0.25, -0.2) is 4.79 Å². The number of carbonyl (C=O) groups is 1. The van der Waals surface area contributed by atoms with Gasteiger partial charge in [0, 0.05) is 58.1 Å². The Labute approximate surface area is 229 Å². The second-order valence-corrected chi connectivity index (χ2v) is 9.16. The number of hydrogen-bond acceptors (Lipinski definition) is 9. The first-order chi connectivity index (χ1) is 19.0. The highest BCUT2D eigenvalue weighted by atomic mass is 16.6. The SMILES string of the molecule is COc1ccccc1N1CCN(CC(COc2cc(OC)c(OC)c(OC)c2)OC(=O)c2cccn2C)CC1. The molecule has 1 atom stereocenters. The number of para-hydroxylation sites is 2. The minimum absolute atomic E-state index is 0.154. The van der Waals surface area contributed by atoms with E-state index in [4.69, 9.17) is 28.4 Å². The minimum Gasteiger partial charge on any atom is -0.495 e. The molecule has 3 aromatic rings. The summed E-state index contributed by atoms with van der Waals surface area (Å²) in [6, 6.07) is 15.0. The molecule has 210 valence electrons. The topological polar surface area (TPSA) is 83.9 Å². The molecule has 0 aliphatic carbocycles. The van der Waals surface area contributed by atoms with Crippen LogP contribution in [0.25, 0.3) is 0 Å². The van der Waals surface area contributed by atoms with Crippen molar-refractivity contribution in [1.29, 1.82) is 0 Å². The van der Waals surface area contributed by atoms with Gasteiger partial charge >= 0.3 is 5.97 Å². The Hall–Kier alpha value is -4.05. The van der Waals surface area contributed by atoms with Crippen LogP contribution in [0.3, 0.4) is 0 Å². The molecule has 39 heavy (non-hydrogen) atoms. The van der Waals surface area contributed by atoms with Crippen molar-refractivity contribution in [2.45, 2.75) is 6.10 Å². The smallest absolute Gasteiger partial charge is 0.355 e. The van der Waals surface area contributed by atoms with Gasteiger partial charge in [-0.05, 0) is 24.3 Å². The summed E-state index contributed by atoms with van der Waals surface area (Å²) in [6.07, 6.45) is 1.30. The lowest BCUT2D eigenvalue weighted by molar-refractivity contribution is 0.00431. The summed E-state index contributed by atoms with van der Waals surface area (Å²) < 4.78 is 35.6. The third-order valence-corrected chi connectivity index (χ3v) is 6.76. The Morgan fingerprint density at radius 2 is 1.51 bits per heavy atom. The van der Waals surface area contributed by atoms with E-state index in [2.05, 4.69) is 15.9 Å². The van der Waals surface area contributed by atoms with E-state index in [0.29, 0.717) is 35.2 Å². The number of aryl methyl sites for hydroxylation is 1. The predicted molar refractivity (Wildman–Crippen MR) is 148 cm³/mol. The third kappa shape index (κ3) is 6.69. The number of benzene rings is 2. The molecule has 0 radical (unpaired) electrons. The summed E-state index contributed by atoms with van der Waals surface area (Å²) in [5.41, 5.74) is 1.56. The number of piperazine rings is 1. The van der Waals surface area contributed by atoms with Gasteiger partial charge in [-0.3, -0.25) is 4.90 Å². The molecule has 0 amide bonds. The standard InChI is InChI=1S/C29H37N3O7/c1-30-12-8-10-24(30)29(33)39-22(20-38-21-17-26(35-3)28(37-5)27(18-21)36-4)19-31-13-15-32(16-14-31)23-9-6-7-11-25(23)34-2/h6-12,17-18,22H,13-16,19-20H2,1-5H3. The molecule has 0 bridgehead atoms. The van der Waals surface area contributed by atoms with E-state index < -0.39 is 12.1 Å². The van der Waals surface area contributed by atoms with Crippen LogP contribution in [0.4, 0.5) is 5.69 Å². The molecule has 1 aliphatic rings. The maximum absolute atomic E-state index is 13.0. The number of hydrogen-bond donors (Lipinski definition) is 0. The Morgan fingerprint density at radius 3 is 2.10 bits per heavy atom. The summed E-state index contributed by atoms with van der Waals surface area (Å²) in [4.78, 5) is 17.6. The highest BCUT2D eigenvalue weighted by Crippen LogP contribution is 2.40. The number of ether oxygens (including phenoxy) is 6. The molecule has 1 saturated heterocycles. The van der Waals surface area contributed by atoms with Crippen LogP contribution >= 0.6 is 0 Å². The van der Waals surface area contributed by atoms with Crippen molar-refractivity contribution < 1.29 is 33.2 Å². The van der Waals surface area contributed by atoms with Crippen LogP contribution in [0.5, 0.6) is 28.7 Å². The number of rotatable bonds is 12. The van der Waals surface area contributed by atoms with Crippen molar-refractivity contribution in [1.82, 2.24) is 9.47 Å². The zero-order valence-electron chi connectivity index (χ0n) is 23.2. The monoisotopic (exact) mass is 539 g/mol. The largest absolute Gasteiger partial charge is 0.495 e. The molecule has 0 saturated carbocycles. The number of methoxy groups -OCH3 is 4. The fraction of sp³-hybridized carbons (Fsp3) is 0.414. The van der Waals surface area contributed by atoms with E-state index >= 15 is 0 Å². The summed E-state index contributed by atoms with van der Waals surface area (Å²) >= 11 is 0. The van der Waals surface area contributed by atoms with Crippen LogP contribution in [0.2, 0.25) is 0 Å². The van der Waals surface area contributed by atoms with Crippen molar-refractivity contribution in [2.75, 3.05) is 72.7 Å². The molecule has 1 aromatic heterocycles. The van der Waals surface area contributed by atoms with Crippen molar-refractivity contribution in [3.63, 3.8) is 0 Å². The molecule has 4 rings (SSSR count). The summed E-state index contributed by atoms with van der Waals surface area (Å²) in [5, 5.41) is 0. The van der Waals surface area contributed by atoms with Gasteiger partial charge in [0.15, 0.2) is 11.5 Å². The second kappa shape index (κ2) is 13.1. The molecule has 2 heterocycles. The molecule has 0 spiro atoms. The lowest BCUT2D eigenvalue weighted by Gasteiger charge is -2.37. The molecule has 1 unspecified atom stereocenters. The minimum atomic E-state index is -0.510. The number of aromatic nitrogens is 1. The average Bonchev–Trinajstić information content (AvgIpc) is 3.41. The van der Waals surface area contributed by atoms with Gasteiger partial charge < -0.3 is 37.9 Å². The number of nitrogens with zero attached hydrogens (tertiary/aromatic N) is 3. The molecule has 1 fully saturated rings. The van der Waals surface area contributed by atoms with Crippen molar-refractivity contribution in [3.8, 4) is 28.7 Å². The van der Waals surface area contributed by atoms with E-state index in [0.717, 1.165) is 37.6 Å². The second-order valence-electron chi connectivity index (χ2n) is 9.16. The number of esters is 1. The quantitative estimate of drug-likeness (QED) is 0.321. The van der Waals surface area contributed by atoms with E-state index in [1.807, 2.05) is 37.5 Å². The van der Waals surface area contributed by atoms with E-state index in [1.165, 1.54) is 0 Å². The van der Waals surface area contributed by atoms with Gasteiger partial charge in [-0.2, -0.15) is 0 Å². The predicted octanol–water partition coefficient (Wildman–Crippen LogP) is 3.49. The van der Waals surface area contributed by atoms with Gasteiger partial charge in [0.05, 0.1) is 34.1 Å². The van der Waals surface area contributed by atoms with Gasteiger partial charge in [0.2, 0.25) is 5.75 Å². The zero-order valence-corrected chi connectivity index (χ0v) is 23.2. The average molecular weight is 540 g/mol. The van der Waals surface area contributed by atoms with Crippen molar-refractivity contribution in [3.05, 3.63) is 60.4 Å². The molecule has 0 N–H and O–H groups in total. The fourth-order valence-electron chi connectivity index (χ4n) is 4.69. The first-order valence-electron chi connectivity index (χ1n) is 12.8. The van der Waals surface area contributed by atoms with Crippen LogP contribution in [0.1, 0.15) is 10.5 Å². The van der Waals surface area contributed by atoms with Crippen LogP contribution in [-0.4, -0.2) is 89.3 Å². The zero-order chi connectivity index (χ0) is 27.8. The summed E-state index contributed by atoms with van der Waals surface area (Å²) in [5.74, 6) is 2.43. The molecule has 2 aromatic carbocycles. The van der Waals surface area contributed by atoms with Gasteiger partial charge in [0.1, 0.15) is 29.9 Å². The van der Waals surface area contributed by atoms with Crippen molar-refractivity contribution >= 4 is 11.7 Å². The van der Waals surface area contributed by atoms with Crippen molar-refractivity contribution in [2.24, 2.45) is 7.05 Å². The van der Waals surface area contributed by atoms with Gasteiger partial charge in [-0.1, -0.05) is 12.1 Å². The molecule has 1 aliphatic heterocycles. The fourth-order valence-corrected chi connectivity index (χ4v) is 4.69. The maximum Gasteiger partial charge on any atom is 0.355 e. The normalized spacial score (nSPS) is 14.4. The van der Waals surface area contributed by atoms with Crippen LogP contribution in [-0.2, 0) is 11.8 Å². The maximum atomic E-state index is 13.0. The Kier molecular flexibility index (Phi) is 9.43. The van der Waals surface area contributed by atoms with Crippen LogP contribution in [0.15, 0.2) is 54.7 Å². The van der Waals surface area contributed by atoms with Crippen LogP contribution in [0, 0.1) is 0 Å². The first kappa shape index (κ1) is 28.0. The van der Waals surface area contributed by atoms with Gasteiger partial charge in [-0.15, -0.1) is 0 Å². The molecular weight excluding hydrogens is 502 g/mol. The number of anilines is 1. The van der Waals surface area contributed by atoms with E-state index in [1.54, 1.807) is 51.2 Å². The van der Waals surface area contributed by atoms with E-state index in [-0.39, 0.29) is 6.61 Å². The number of carbonyl (C=O) groups excluding carboxylic acids is 1. The molecular formula is C29H37N3O7. The van der Waals surface area contributed by atoms with Crippen LogP contribution < -0.4 is 28.6 Å². The Balaban J connectivity index is 1.45. The first-order valence-corrected chi connectivity index (χ1v) is 12.8.